The molecule has 1 aromatic heterocycles. The Morgan fingerprint density at radius 1 is 1.17 bits per heavy atom. The maximum Gasteiger partial charge on any atom is 0.408 e. The Morgan fingerprint density at radius 3 is 2.55 bits per heavy atom. The van der Waals surface area contributed by atoms with Gasteiger partial charge in [-0.25, -0.2) is 18.6 Å². The number of aromatic nitrogens is 2. The van der Waals surface area contributed by atoms with Crippen molar-refractivity contribution in [1.82, 2.24) is 19.8 Å². The van der Waals surface area contributed by atoms with Gasteiger partial charge in [0.15, 0.2) is 17.3 Å². The molecule has 29 heavy (non-hydrogen) atoms. The Kier molecular flexibility index (Phi) is 5.44. The molecule has 3 rings (SSSR count). The summed E-state index contributed by atoms with van der Waals surface area (Å²) in [5, 5.41) is 4.24. The van der Waals surface area contributed by atoms with E-state index < -0.39 is 35.8 Å². The molecule has 2 heterocycles. The first-order valence-corrected chi connectivity index (χ1v) is 8.49. The summed E-state index contributed by atoms with van der Waals surface area (Å²) in [7, 11) is 0. The molecule has 0 saturated heterocycles. The Labute approximate surface area is 161 Å². The standard InChI is InChI=1S/C17H16F5N5O2/c1-9(17(20,21)22)24-15(28)14-13-7-26(4-5-27(13)8-23-14)16(29)25-10-2-3-11(18)12(19)6-10/h2-3,6,8-9H,4-5,7H2,1H3,(H,24,28)(H,25,29)/t9-/m1/s1. The predicted octanol–water partition coefficient (Wildman–Crippen LogP) is 2.89. The molecule has 0 aliphatic carbocycles. The summed E-state index contributed by atoms with van der Waals surface area (Å²) in [4.78, 5) is 29.7. The first-order valence-electron chi connectivity index (χ1n) is 8.49. The monoisotopic (exact) mass is 417 g/mol. The molecule has 7 nitrogen and oxygen atoms in total. The largest absolute Gasteiger partial charge is 0.408 e. The molecular formula is C17H16F5N5O2. The minimum atomic E-state index is -4.61. The van der Waals surface area contributed by atoms with Crippen molar-refractivity contribution >= 4 is 17.6 Å². The molecular weight excluding hydrogens is 401 g/mol. The first-order chi connectivity index (χ1) is 13.6. The number of fused-ring (bicyclic) bond motifs is 1. The van der Waals surface area contributed by atoms with Gasteiger partial charge in [0.05, 0.1) is 18.6 Å². The third kappa shape index (κ3) is 4.46. The number of benzene rings is 1. The Morgan fingerprint density at radius 2 is 1.90 bits per heavy atom. The van der Waals surface area contributed by atoms with Gasteiger partial charge in [0.25, 0.3) is 5.91 Å². The van der Waals surface area contributed by atoms with Crippen LogP contribution in [0.25, 0.3) is 0 Å². The molecule has 2 N–H and O–H groups in total. The Balaban J connectivity index is 1.71. The third-order valence-electron chi connectivity index (χ3n) is 4.41. The van der Waals surface area contributed by atoms with Crippen LogP contribution in [0.2, 0.25) is 0 Å². The van der Waals surface area contributed by atoms with Crippen molar-refractivity contribution in [3.8, 4) is 0 Å². The zero-order valence-corrected chi connectivity index (χ0v) is 15.1. The minimum Gasteiger partial charge on any atom is -0.339 e. The number of amides is 3. The van der Waals surface area contributed by atoms with Crippen LogP contribution >= 0.6 is 0 Å². The van der Waals surface area contributed by atoms with Crippen molar-refractivity contribution in [3.05, 3.63) is 47.5 Å². The summed E-state index contributed by atoms with van der Waals surface area (Å²) in [5.74, 6) is -3.20. The lowest BCUT2D eigenvalue weighted by Crippen LogP contribution is -2.44. The fourth-order valence-corrected chi connectivity index (χ4v) is 2.74. The van der Waals surface area contributed by atoms with E-state index in [-0.39, 0.29) is 36.7 Å². The highest BCUT2D eigenvalue weighted by molar-refractivity contribution is 5.94. The molecule has 2 aromatic rings. The van der Waals surface area contributed by atoms with E-state index >= 15 is 0 Å². The number of nitrogens with zero attached hydrogens (tertiary/aromatic N) is 3. The van der Waals surface area contributed by atoms with Gasteiger partial charge in [0, 0.05) is 24.8 Å². The van der Waals surface area contributed by atoms with Crippen molar-refractivity contribution in [2.75, 3.05) is 11.9 Å². The van der Waals surface area contributed by atoms with E-state index in [9.17, 15) is 31.5 Å². The second-order valence-corrected chi connectivity index (χ2v) is 6.45. The quantitative estimate of drug-likeness (QED) is 0.754. The van der Waals surface area contributed by atoms with Gasteiger partial charge in [-0.1, -0.05) is 0 Å². The van der Waals surface area contributed by atoms with E-state index in [4.69, 9.17) is 0 Å². The fraction of sp³-hybridized carbons (Fsp3) is 0.353. The van der Waals surface area contributed by atoms with Crippen LogP contribution < -0.4 is 10.6 Å². The van der Waals surface area contributed by atoms with Crippen molar-refractivity contribution in [1.29, 1.82) is 0 Å². The van der Waals surface area contributed by atoms with Gasteiger partial charge in [0.2, 0.25) is 0 Å². The maximum absolute atomic E-state index is 13.3. The number of anilines is 1. The number of hydrogen-bond donors (Lipinski definition) is 2. The van der Waals surface area contributed by atoms with Crippen LogP contribution in [0.4, 0.5) is 32.4 Å². The highest BCUT2D eigenvalue weighted by Gasteiger charge is 2.38. The van der Waals surface area contributed by atoms with Crippen LogP contribution in [0.15, 0.2) is 24.5 Å². The molecule has 0 bridgehead atoms. The van der Waals surface area contributed by atoms with Crippen LogP contribution in [-0.4, -0.2) is 45.2 Å². The summed E-state index contributed by atoms with van der Waals surface area (Å²) in [5.41, 5.74) is 0.0833. The van der Waals surface area contributed by atoms with Crippen LogP contribution in [-0.2, 0) is 13.1 Å². The molecule has 0 spiro atoms. The minimum absolute atomic E-state index is 0.0324. The average Bonchev–Trinajstić information content (AvgIpc) is 3.07. The van der Waals surface area contributed by atoms with Crippen LogP contribution in [0.1, 0.15) is 23.1 Å². The van der Waals surface area contributed by atoms with Crippen molar-refractivity contribution < 1.29 is 31.5 Å². The summed E-state index contributed by atoms with van der Waals surface area (Å²) >= 11 is 0. The molecule has 0 saturated carbocycles. The normalized spacial score (nSPS) is 14.9. The van der Waals surface area contributed by atoms with Gasteiger partial charge in [-0.3, -0.25) is 4.79 Å². The van der Waals surface area contributed by atoms with Gasteiger partial charge < -0.3 is 20.1 Å². The topological polar surface area (TPSA) is 79.3 Å². The molecule has 156 valence electrons. The number of hydrogen-bond acceptors (Lipinski definition) is 3. The molecule has 0 radical (unpaired) electrons. The Bertz CT molecular complexity index is 943. The van der Waals surface area contributed by atoms with E-state index in [1.807, 2.05) is 5.32 Å². The molecule has 1 aliphatic heterocycles. The molecule has 0 unspecified atom stereocenters. The SMILES string of the molecule is C[C@@H](NC(=O)c1ncn2c1CN(C(=O)Nc1ccc(F)c(F)c1)CC2)C(F)(F)F. The Hall–Kier alpha value is -3.18. The number of halogens is 5. The van der Waals surface area contributed by atoms with Crippen molar-refractivity contribution in [3.63, 3.8) is 0 Å². The lowest BCUT2D eigenvalue weighted by atomic mass is 10.2. The molecule has 12 heteroatoms. The van der Waals surface area contributed by atoms with Crippen LogP contribution in [0.5, 0.6) is 0 Å². The predicted molar refractivity (Wildman–Crippen MR) is 91.0 cm³/mol. The zero-order valence-electron chi connectivity index (χ0n) is 15.1. The third-order valence-corrected chi connectivity index (χ3v) is 4.41. The molecule has 1 aromatic carbocycles. The zero-order chi connectivity index (χ0) is 21.3. The second-order valence-electron chi connectivity index (χ2n) is 6.45. The number of rotatable bonds is 3. The van der Waals surface area contributed by atoms with Gasteiger partial charge in [0.1, 0.15) is 6.04 Å². The summed E-state index contributed by atoms with van der Waals surface area (Å²) < 4.78 is 65.8. The molecule has 1 atom stereocenters. The highest BCUT2D eigenvalue weighted by Crippen LogP contribution is 2.22. The molecule has 0 fully saturated rings. The van der Waals surface area contributed by atoms with Gasteiger partial charge in [-0.15, -0.1) is 0 Å². The summed E-state index contributed by atoms with van der Waals surface area (Å²) in [6, 6.07) is 0.156. The second kappa shape index (κ2) is 7.68. The van der Waals surface area contributed by atoms with E-state index in [2.05, 4.69) is 10.3 Å². The highest BCUT2D eigenvalue weighted by atomic mass is 19.4. The van der Waals surface area contributed by atoms with Crippen molar-refractivity contribution in [2.45, 2.75) is 32.2 Å². The number of alkyl halides is 3. The van der Waals surface area contributed by atoms with Gasteiger partial charge in [-0.05, 0) is 19.1 Å². The molecule has 3 amide bonds. The van der Waals surface area contributed by atoms with E-state index in [0.29, 0.717) is 0 Å². The van der Waals surface area contributed by atoms with Gasteiger partial charge >= 0.3 is 12.2 Å². The van der Waals surface area contributed by atoms with E-state index in [1.54, 1.807) is 4.57 Å². The number of urea groups is 1. The summed E-state index contributed by atoms with van der Waals surface area (Å²) in [6.07, 6.45) is -3.29. The maximum atomic E-state index is 13.3. The van der Waals surface area contributed by atoms with Crippen molar-refractivity contribution in [2.24, 2.45) is 0 Å². The summed E-state index contributed by atoms with van der Waals surface area (Å²) in [6.45, 7) is 1.19. The number of nitrogens with one attached hydrogen (secondary N) is 2. The number of carbonyl (C=O) groups excluding carboxylic acids is 2. The lowest BCUT2D eigenvalue weighted by molar-refractivity contribution is -0.149. The average molecular weight is 417 g/mol. The smallest absolute Gasteiger partial charge is 0.339 e. The number of imidazole rings is 1. The van der Waals surface area contributed by atoms with Crippen LogP contribution in [0.3, 0.4) is 0 Å². The van der Waals surface area contributed by atoms with E-state index in [1.165, 1.54) is 17.3 Å². The number of carbonyl (C=O) groups is 2. The first kappa shape index (κ1) is 20.6. The van der Waals surface area contributed by atoms with Gasteiger partial charge in [-0.2, -0.15) is 13.2 Å². The van der Waals surface area contributed by atoms with Crippen LogP contribution in [0, 0.1) is 11.6 Å². The fourth-order valence-electron chi connectivity index (χ4n) is 2.74. The lowest BCUT2D eigenvalue weighted by Gasteiger charge is -2.29. The van der Waals surface area contributed by atoms with E-state index in [0.717, 1.165) is 19.1 Å². The molecule has 1 aliphatic rings.